The van der Waals surface area contributed by atoms with E-state index in [1.165, 1.54) is 18.1 Å². The number of esters is 2. The van der Waals surface area contributed by atoms with Crippen molar-refractivity contribution in [2.24, 2.45) is 5.92 Å². The molecule has 1 aromatic carbocycles. The molecule has 2 rings (SSSR count). The van der Waals surface area contributed by atoms with Crippen molar-refractivity contribution in [3.63, 3.8) is 0 Å². The fraction of sp³-hybridized carbons (Fsp3) is 0.438. The van der Waals surface area contributed by atoms with Crippen LogP contribution in [-0.4, -0.2) is 49.6 Å². The summed E-state index contributed by atoms with van der Waals surface area (Å²) in [5.41, 5.74) is -0.00438. The number of halogens is 2. The Balaban J connectivity index is 1.83. The van der Waals surface area contributed by atoms with E-state index in [0.717, 1.165) is 12.1 Å². The van der Waals surface area contributed by atoms with Gasteiger partial charge in [0.05, 0.1) is 23.6 Å². The van der Waals surface area contributed by atoms with Crippen molar-refractivity contribution in [3.05, 3.63) is 34.6 Å². The van der Waals surface area contributed by atoms with Crippen molar-refractivity contribution >= 4 is 29.4 Å². The van der Waals surface area contributed by atoms with Crippen LogP contribution in [0.15, 0.2) is 18.2 Å². The molecule has 1 aromatic rings. The average molecular weight is 358 g/mol. The fourth-order valence-corrected chi connectivity index (χ4v) is 2.73. The third-order valence-electron chi connectivity index (χ3n) is 3.86. The van der Waals surface area contributed by atoms with Crippen LogP contribution in [0.4, 0.5) is 4.39 Å². The van der Waals surface area contributed by atoms with E-state index in [2.05, 4.69) is 4.74 Å². The van der Waals surface area contributed by atoms with Gasteiger partial charge in [0.25, 0.3) is 5.91 Å². The zero-order valence-corrected chi connectivity index (χ0v) is 13.8. The zero-order chi connectivity index (χ0) is 17.7. The van der Waals surface area contributed by atoms with Gasteiger partial charge in [-0.2, -0.15) is 0 Å². The number of methoxy groups -OCH3 is 1. The third-order valence-corrected chi connectivity index (χ3v) is 4.17. The van der Waals surface area contributed by atoms with Crippen LogP contribution in [0.25, 0.3) is 0 Å². The molecule has 0 atom stereocenters. The normalized spacial score (nSPS) is 15.0. The summed E-state index contributed by atoms with van der Waals surface area (Å²) >= 11 is 5.77. The molecule has 1 heterocycles. The standard InChI is InChI=1S/C16H17ClFNO5/c1-23-15(21)10-4-6-19(7-5-10)14(20)9-24-16(22)12-3-2-11(18)8-13(12)17/h2-3,8,10H,4-7,9H2,1H3. The van der Waals surface area contributed by atoms with E-state index in [1.54, 1.807) is 0 Å². The fourth-order valence-electron chi connectivity index (χ4n) is 2.48. The van der Waals surface area contributed by atoms with Crippen LogP contribution in [0, 0.1) is 11.7 Å². The first kappa shape index (κ1) is 18.2. The molecule has 8 heteroatoms. The summed E-state index contributed by atoms with van der Waals surface area (Å²) in [7, 11) is 1.33. The lowest BCUT2D eigenvalue weighted by Crippen LogP contribution is -2.42. The highest BCUT2D eigenvalue weighted by Gasteiger charge is 2.28. The summed E-state index contributed by atoms with van der Waals surface area (Å²) in [6, 6.07) is 3.28. The Labute approximate surface area is 143 Å². The number of hydrogen-bond acceptors (Lipinski definition) is 5. The highest BCUT2D eigenvalue weighted by Crippen LogP contribution is 2.20. The minimum atomic E-state index is -0.794. The summed E-state index contributed by atoms with van der Waals surface area (Å²) in [5.74, 6) is -2.21. The maximum atomic E-state index is 13.0. The topological polar surface area (TPSA) is 72.9 Å². The van der Waals surface area contributed by atoms with E-state index in [0.29, 0.717) is 25.9 Å². The molecule has 0 saturated carbocycles. The van der Waals surface area contributed by atoms with Crippen molar-refractivity contribution in [1.29, 1.82) is 0 Å². The monoisotopic (exact) mass is 357 g/mol. The van der Waals surface area contributed by atoms with Crippen LogP contribution in [0.3, 0.4) is 0 Å². The number of hydrogen-bond donors (Lipinski definition) is 0. The second-order valence-corrected chi connectivity index (χ2v) is 5.79. The summed E-state index contributed by atoms with van der Waals surface area (Å²) in [4.78, 5) is 36.9. The van der Waals surface area contributed by atoms with Gasteiger partial charge in [-0.05, 0) is 31.0 Å². The Bertz CT molecular complexity index is 643. The molecule has 0 N–H and O–H groups in total. The summed E-state index contributed by atoms with van der Waals surface area (Å²) < 4.78 is 22.6. The Morgan fingerprint density at radius 1 is 1.29 bits per heavy atom. The number of amides is 1. The third kappa shape index (κ3) is 4.44. The molecule has 1 amide bonds. The van der Waals surface area contributed by atoms with Gasteiger partial charge in [-0.1, -0.05) is 11.6 Å². The van der Waals surface area contributed by atoms with Crippen LogP contribution in [-0.2, 0) is 19.1 Å². The average Bonchev–Trinajstić information content (AvgIpc) is 2.58. The first-order valence-electron chi connectivity index (χ1n) is 7.40. The molecule has 1 aliphatic rings. The van der Waals surface area contributed by atoms with Gasteiger partial charge in [-0.25, -0.2) is 9.18 Å². The highest BCUT2D eigenvalue weighted by molar-refractivity contribution is 6.33. The Kier molecular flexibility index (Phi) is 6.14. The molecule has 0 bridgehead atoms. The number of carbonyl (C=O) groups excluding carboxylic acids is 3. The lowest BCUT2D eigenvalue weighted by Gasteiger charge is -2.30. The largest absolute Gasteiger partial charge is 0.469 e. The summed E-state index contributed by atoms with van der Waals surface area (Å²) in [6.45, 7) is 0.357. The first-order chi connectivity index (χ1) is 11.4. The molecule has 0 aromatic heterocycles. The number of piperidine rings is 1. The summed E-state index contributed by atoms with van der Waals surface area (Å²) in [6.07, 6.45) is 1.02. The predicted octanol–water partition coefficient (Wildman–Crippen LogP) is 2.05. The number of rotatable bonds is 4. The van der Waals surface area contributed by atoms with Crippen LogP contribution < -0.4 is 0 Å². The van der Waals surface area contributed by atoms with Crippen LogP contribution in [0.2, 0.25) is 5.02 Å². The van der Waals surface area contributed by atoms with Gasteiger partial charge in [0.1, 0.15) is 5.82 Å². The minimum Gasteiger partial charge on any atom is -0.469 e. The highest BCUT2D eigenvalue weighted by atomic mass is 35.5. The van der Waals surface area contributed by atoms with E-state index in [9.17, 15) is 18.8 Å². The van der Waals surface area contributed by atoms with Crippen molar-refractivity contribution in [1.82, 2.24) is 4.90 Å². The van der Waals surface area contributed by atoms with Crippen LogP contribution in [0.1, 0.15) is 23.2 Å². The van der Waals surface area contributed by atoms with Gasteiger partial charge in [-0.15, -0.1) is 0 Å². The van der Waals surface area contributed by atoms with Crippen molar-refractivity contribution in [2.75, 3.05) is 26.8 Å². The van der Waals surface area contributed by atoms with Crippen molar-refractivity contribution in [2.45, 2.75) is 12.8 Å². The molecule has 0 spiro atoms. The number of likely N-dealkylation sites (tertiary alicyclic amines) is 1. The molecule has 1 aliphatic heterocycles. The quantitative estimate of drug-likeness (QED) is 0.771. The molecule has 0 aliphatic carbocycles. The molecule has 6 nitrogen and oxygen atoms in total. The lowest BCUT2D eigenvalue weighted by molar-refractivity contribution is -0.149. The second kappa shape index (κ2) is 8.10. The van der Waals surface area contributed by atoms with E-state index in [4.69, 9.17) is 16.3 Å². The lowest BCUT2D eigenvalue weighted by atomic mass is 9.97. The Hall–Kier alpha value is -2.15. The van der Waals surface area contributed by atoms with Gasteiger partial charge < -0.3 is 14.4 Å². The van der Waals surface area contributed by atoms with E-state index in [-0.39, 0.29) is 28.4 Å². The molecular weight excluding hydrogens is 341 g/mol. The number of carbonyl (C=O) groups is 3. The molecule has 0 unspecified atom stereocenters. The predicted molar refractivity (Wildman–Crippen MR) is 83.0 cm³/mol. The molecule has 0 radical (unpaired) electrons. The van der Waals surface area contributed by atoms with E-state index >= 15 is 0 Å². The van der Waals surface area contributed by atoms with Crippen LogP contribution in [0.5, 0.6) is 0 Å². The van der Waals surface area contributed by atoms with Crippen molar-refractivity contribution < 1.29 is 28.2 Å². The number of benzene rings is 1. The van der Waals surface area contributed by atoms with E-state index < -0.39 is 18.4 Å². The maximum absolute atomic E-state index is 13.0. The summed E-state index contributed by atoms with van der Waals surface area (Å²) in [5, 5.41) is -0.0775. The minimum absolute atomic E-state index is 0.00438. The van der Waals surface area contributed by atoms with E-state index in [1.807, 2.05) is 0 Å². The van der Waals surface area contributed by atoms with Gasteiger partial charge in [0, 0.05) is 13.1 Å². The molecule has 130 valence electrons. The molecule has 1 fully saturated rings. The Morgan fingerprint density at radius 2 is 1.96 bits per heavy atom. The van der Waals surface area contributed by atoms with Gasteiger partial charge >= 0.3 is 11.9 Å². The number of nitrogens with zero attached hydrogens (tertiary/aromatic N) is 1. The molecule has 24 heavy (non-hydrogen) atoms. The van der Waals surface area contributed by atoms with Crippen LogP contribution >= 0.6 is 11.6 Å². The van der Waals surface area contributed by atoms with Gasteiger partial charge in [-0.3, -0.25) is 9.59 Å². The zero-order valence-electron chi connectivity index (χ0n) is 13.1. The second-order valence-electron chi connectivity index (χ2n) is 5.38. The molecular formula is C16H17ClFNO5. The van der Waals surface area contributed by atoms with Gasteiger partial charge in [0.15, 0.2) is 6.61 Å². The maximum Gasteiger partial charge on any atom is 0.340 e. The SMILES string of the molecule is COC(=O)C1CCN(C(=O)COC(=O)c2ccc(F)cc2Cl)CC1. The smallest absolute Gasteiger partial charge is 0.340 e. The molecule has 1 saturated heterocycles. The van der Waals surface area contributed by atoms with Crippen molar-refractivity contribution in [3.8, 4) is 0 Å². The first-order valence-corrected chi connectivity index (χ1v) is 7.78. The Morgan fingerprint density at radius 3 is 2.54 bits per heavy atom. The number of ether oxygens (including phenoxy) is 2. The van der Waals surface area contributed by atoms with Gasteiger partial charge in [0.2, 0.25) is 0 Å².